The monoisotopic (exact) mass is 495 g/mol. The molecule has 1 aliphatic rings. The summed E-state index contributed by atoms with van der Waals surface area (Å²) in [5.74, 6) is 0.556. The summed E-state index contributed by atoms with van der Waals surface area (Å²) in [4.78, 5) is 31.4. The lowest BCUT2D eigenvalue weighted by Crippen LogP contribution is -2.29. The van der Waals surface area contributed by atoms with E-state index in [1.807, 2.05) is 62.4 Å². The van der Waals surface area contributed by atoms with Crippen molar-refractivity contribution in [1.82, 2.24) is 0 Å². The predicted octanol–water partition coefficient (Wildman–Crippen LogP) is 7.28. The third kappa shape index (κ3) is 4.46. The summed E-state index contributed by atoms with van der Waals surface area (Å²) in [5, 5.41) is 12.0. The molecule has 0 saturated carbocycles. The Labute approximate surface area is 211 Å². The average molecular weight is 496 g/mol. The molecule has 0 atom stereocenters. The summed E-state index contributed by atoms with van der Waals surface area (Å²) < 4.78 is 5.90. The van der Waals surface area contributed by atoms with Crippen LogP contribution in [0.2, 0.25) is 0 Å². The number of anilines is 1. The third-order valence-corrected chi connectivity index (χ3v) is 6.73. The maximum atomic E-state index is 13.6. The van der Waals surface area contributed by atoms with Crippen molar-refractivity contribution in [3.63, 3.8) is 0 Å². The van der Waals surface area contributed by atoms with Gasteiger partial charge in [-0.3, -0.25) is 19.8 Å². The van der Waals surface area contributed by atoms with Crippen molar-refractivity contribution in [2.24, 2.45) is 4.99 Å². The first-order valence-corrected chi connectivity index (χ1v) is 12.0. The number of rotatable bonds is 5. The standard InChI is InChI=1S/C28H21N3O4S/c1-18-9-3-6-12-22(18)29-28-30(23-13-7-4-10-19(23)2)27(32)26(36-28)17-20-15-16-25(35-20)21-11-5-8-14-24(21)31(33)34/h3-17H,1-2H3. The molecule has 0 spiro atoms. The number of carbonyl (C=O) groups excluding carboxylic acids is 1. The van der Waals surface area contributed by atoms with E-state index in [1.165, 1.54) is 17.8 Å². The van der Waals surface area contributed by atoms with E-state index in [4.69, 9.17) is 9.41 Å². The number of nitro groups is 1. The van der Waals surface area contributed by atoms with Crippen molar-refractivity contribution in [3.05, 3.63) is 117 Å². The molecule has 1 aliphatic heterocycles. The number of nitrogens with zero attached hydrogens (tertiary/aromatic N) is 3. The molecular formula is C28H21N3O4S. The van der Waals surface area contributed by atoms with Gasteiger partial charge in [-0.1, -0.05) is 48.5 Å². The Morgan fingerprint density at radius 3 is 2.36 bits per heavy atom. The number of aryl methyl sites for hydroxylation is 2. The lowest BCUT2D eigenvalue weighted by Gasteiger charge is -2.18. The zero-order valence-electron chi connectivity index (χ0n) is 19.5. The van der Waals surface area contributed by atoms with Gasteiger partial charge < -0.3 is 4.42 Å². The Morgan fingerprint density at radius 2 is 1.61 bits per heavy atom. The lowest BCUT2D eigenvalue weighted by molar-refractivity contribution is -0.384. The van der Waals surface area contributed by atoms with Crippen LogP contribution in [0.15, 0.2) is 99.2 Å². The highest BCUT2D eigenvalue weighted by Gasteiger charge is 2.36. The van der Waals surface area contributed by atoms with Crippen molar-refractivity contribution in [3.8, 4) is 11.3 Å². The molecular weight excluding hydrogens is 474 g/mol. The Hall–Kier alpha value is -4.43. The van der Waals surface area contributed by atoms with Gasteiger partial charge in [0.1, 0.15) is 11.5 Å². The molecule has 0 radical (unpaired) electrons. The highest BCUT2D eigenvalue weighted by Crippen LogP contribution is 2.39. The molecule has 178 valence electrons. The molecule has 36 heavy (non-hydrogen) atoms. The van der Waals surface area contributed by atoms with E-state index in [9.17, 15) is 14.9 Å². The van der Waals surface area contributed by atoms with Crippen LogP contribution >= 0.6 is 11.8 Å². The number of benzene rings is 3. The molecule has 8 heteroatoms. The molecule has 4 aromatic rings. The first-order chi connectivity index (χ1) is 17.4. The number of amides is 1. The molecule has 3 aromatic carbocycles. The Bertz CT molecular complexity index is 1550. The molecule has 0 aliphatic carbocycles. The average Bonchev–Trinajstić information content (AvgIpc) is 3.45. The number of carbonyl (C=O) groups is 1. The number of amidine groups is 1. The van der Waals surface area contributed by atoms with E-state index < -0.39 is 4.92 Å². The quantitative estimate of drug-likeness (QED) is 0.165. The number of thioether (sulfide) groups is 1. The number of furan rings is 1. The van der Waals surface area contributed by atoms with Gasteiger partial charge in [-0.15, -0.1) is 0 Å². The molecule has 1 fully saturated rings. The van der Waals surface area contributed by atoms with Crippen molar-refractivity contribution >= 4 is 46.0 Å². The van der Waals surface area contributed by atoms with Gasteiger partial charge in [0.25, 0.3) is 11.6 Å². The highest BCUT2D eigenvalue weighted by atomic mass is 32.2. The van der Waals surface area contributed by atoms with E-state index in [-0.39, 0.29) is 11.6 Å². The summed E-state index contributed by atoms with van der Waals surface area (Å²) in [6.45, 7) is 3.93. The van der Waals surface area contributed by atoms with Gasteiger partial charge >= 0.3 is 0 Å². The molecule has 0 unspecified atom stereocenters. The molecule has 2 heterocycles. The molecule has 1 aromatic heterocycles. The number of aliphatic imine (C=N–C) groups is 1. The van der Waals surface area contributed by atoms with Crippen molar-refractivity contribution in [2.75, 3.05) is 4.90 Å². The van der Waals surface area contributed by atoms with Gasteiger partial charge in [0.05, 0.1) is 26.8 Å². The number of nitro benzene ring substituents is 1. The van der Waals surface area contributed by atoms with Gasteiger partial charge in [0.2, 0.25) is 0 Å². The van der Waals surface area contributed by atoms with Crippen LogP contribution in [0.3, 0.4) is 0 Å². The molecule has 0 N–H and O–H groups in total. The first-order valence-electron chi connectivity index (χ1n) is 11.2. The molecule has 5 rings (SSSR count). The first kappa shape index (κ1) is 23.3. The predicted molar refractivity (Wildman–Crippen MR) is 143 cm³/mol. The summed E-state index contributed by atoms with van der Waals surface area (Å²) in [5.41, 5.74) is 3.81. The minimum Gasteiger partial charge on any atom is -0.456 e. The number of hydrogen-bond donors (Lipinski definition) is 0. The fourth-order valence-electron chi connectivity index (χ4n) is 3.91. The minimum atomic E-state index is -0.444. The van der Waals surface area contributed by atoms with E-state index in [0.717, 1.165) is 22.5 Å². The normalized spacial score (nSPS) is 15.7. The SMILES string of the molecule is Cc1ccccc1N=C1SC(=Cc2ccc(-c3ccccc3[N+](=O)[O-])o2)C(=O)N1c1ccccc1C. The van der Waals surface area contributed by atoms with Gasteiger partial charge in [0.15, 0.2) is 5.17 Å². The lowest BCUT2D eigenvalue weighted by atomic mass is 10.1. The summed E-state index contributed by atoms with van der Waals surface area (Å²) >= 11 is 1.26. The zero-order chi connectivity index (χ0) is 25.2. The summed E-state index contributed by atoms with van der Waals surface area (Å²) in [6, 6.07) is 25.2. The van der Waals surface area contributed by atoms with Crippen molar-refractivity contribution in [1.29, 1.82) is 0 Å². The smallest absolute Gasteiger partial charge is 0.280 e. The summed E-state index contributed by atoms with van der Waals surface area (Å²) in [6.07, 6.45) is 1.65. The van der Waals surface area contributed by atoms with Crippen LogP contribution in [-0.2, 0) is 4.79 Å². The van der Waals surface area contributed by atoms with Gasteiger partial charge in [-0.25, -0.2) is 4.99 Å². The van der Waals surface area contributed by atoms with E-state index >= 15 is 0 Å². The second-order valence-corrected chi connectivity index (χ2v) is 9.20. The highest BCUT2D eigenvalue weighted by molar-refractivity contribution is 8.19. The number of para-hydroxylation sites is 3. The molecule has 7 nitrogen and oxygen atoms in total. The van der Waals surface area contributed by atoms with Crippen LogP contribution in [0.4, 0.5) is 17.1 Å². The van der Waals surface area contributed by atoms with Gasteiger partial charge in [-0.2, -0.15) is 0 Å². The van der Waals surface area contributed by atoms with Crippen LogP contribution in [0.5, 0.6) is 0 Å². The van der Waals surface area contributed by atoms with Crippen LogP contribution in [0, 0.1) is 24.0 Å². The zero-order valence-corrected chi connectivity index (χ0v) is 20.4. The van der Waals surface area contributed by atoms with E-state index in [0.29, 0.717) is 27.2 Å². The maximum Gasteiger partial charge on any atom is 0.280 e. The van der Waals surface area contributed by atoms with Gasteiger partial charge in [-0.05, 0) is 67.1 Å². The fourth-order valence-corrected chi connectivity index (χ4v) is 4.88. The molecule has 1 saturated heterocycles. The van der Waals surface area contributed by atoms with Gasteiger partial charge in [0, 0.05) is 12.1 Å². The third-order valence-electron chi connectivity index (χ3n) is 5.76. The van der Waals surface area contributed by atoms with Crippen molar-refractivity contribution in [2.45, 2.75) is 13.8 Å². The fraction of sp³-hybridized carbons (Fsp3) is 0.0714. The Balaban J connectivity index is 1.55. The topological polar surface area (TPSA) is 89.0 Å². The van der Waals surface area contributed by atoms with Crippen LogP contribution in [0.1, 0.15) is 16.9 Å². The largest absolute Gasteiger partial charge is 0.456 e. The van der Waals surface area contributed by atoms with Crippen LogP contribution in [0.25, 0.3) is 17.4 Å². The Kier molecular flexibility index (Phi) is 6.26. The van der Waals surface area contributed by atoms with Crippen LogP contribution in [-0.4, -0.2) is 16.0 Å². The second kappa shape index (κ2) is 9.67. The summed E-state index contributed by atoms with van der Waals surface area (Å²) in [7, 11) is 0. The second-order valence-electron chi connectivity index (χ2n) is 8.19. The maximum absolute atomic E-state index is 13.6. The van der Waals surface area contributed by atoms with E-state index in [2.05, 4.69) is 0 Å². The minimum absolute atomic E-state index is 0.0456. The number of hydrogen-bond acceptors (Lipinski definition) is 6. The Morgan fingerprint density at radius 1 is 0.917 bits per heavy atom. The molecule has 1 amide bonds. The molecule has 0 bridgehead atoms. The van der Waals surface area contributed by atoms with E-state index in [1.54, 1.807) is 41.3 Å². The van der Waals surface area contributed by atoms with Crippen LogP contribution < -0.4 is 4.90 Å². The van der Waals surface area contributed by atoms with Crippen molar-refractivity contribution < 1.29 is 14.1 Å².